The van der Waals surface area contributed by atoms with Gasteiger partial charge in [-0.2, -0.15) is 0 Å². The summed E-state index contributed by atoms with van der Waals surface area (Å²) in [6, 6.07) is 13.2. The molecule has 0 unspecified atom stereocenters. The molecule has 0 aromatic heterocycles. The van der Waals surface area contributed by atoms with Crippen LogP contribution in [0.15, 0.2) is 52.3 Å². The van der Waals surface area contributed by atoms with E-state index in [1.807, 2.05) is 18.2 Å². The maximum Gasteiger partial charge on any atom is 0.123 e. The van der Waals surface area contributed by atoms with Gasteiger partial charge in [0.05, 0.1) is 13.2 Å². The second kappa shape index (κ2) is 6.39. The number of hydrogen-bond donors (Lipinski definition) is 1. The van der Waals surface area contributed by atoms with Gasteiger partial charge in [0, 0.05) is 22.9 Å². The molecule has 3 rings (SSSR count). The molecule has 0 aliphatic carbocycles. The Morgan fingerprint density at radius 1 is 1.05 bits per heavy atom. The lowest BCUT2D eigenvalue weighted by Crippen LogP contribution is -2.19. The van der Waals surface area contributed by atoms with Crippen LogP contribution in [0, 0.1) is 5.82 Å². The van der Waals surface area contributed by atoms with Crippen LogP contribution >= 0.6 is 11.8 Å². The van der Waals surface area contributed by atoms with Gasteiger partial charge in [-0.15, -0.1) is 0 Å². The van der Waals surface area contributed by atoms with E-state index in [9.17, 15) is 4.39 Å². The van der Waals surface area contributed by atoms with Crippen LogP contribution in [-0.2, 0) is 17.9 Å². The fourth-order valence-electron chi connectivity index (χ4n) is 2.18. The number of fused-ring (bicyclic) bond motifs is 2. The topological polar surface area (TPSA) is 21.3 Å². The smallest absolute Gasteiger partial charge is 0.123 e. The summed E-state index contributed by atoms with van der Waals surface area (Å²) < 4.78 is 19.1. The first-order valence-corrected chi connectivity index (χ1v) is 7.47. The van der Waals surface area contributed by atoms with Crippen LogP contribution in [-0.4, -0.2) is 13.2 Å². The monoisotopic (exact) mass is 289 g/mol. The summed E-state index contributed by atoms with van der Waals surface area (Å²) in [7, 11) is 0. The van der Waals surface area contributed by atoms with Crippen LogP contribution < -0.4 is 5.32 Å². The van der Waals surface area contributed by atoms with Crippen molar-refractivity contribution in [3.8, 4) is 0 Å². The highest BCUT2D eigenvalue weighted by Gasteiger charge is 2.10. The van der Waals surface area contributed by atoms with Gasteiger partial charge in [0.25, 0.3) is 0 Å². The summed E-state index contributed by atoms with van der Waals surface area (Å²) in [5, 5.41) is 3.29. The molecule has 0 saturated heterocycles. The number of ether oxygens (including phenoxy) is 1. The van der Waals surface area contributed by atoms with Crippen molar-refractivity contribution in [2.45, 2.75) is 22.9 Å². The second-order valence-corrected chi connectivity index (χ2v) is 5.77. The first-order valence-electron chi connectivity index (χ1n) is 6.65. The van der Waals surface area contributed by atoms with Crippen molar-refractivity contribution in [2.24, 2.45) is 0 Å². The SMILES string of the molecule is Fc1ccc2c(c1)CNCCOCc1ccccc1S2. The Hall–Kier alpha value is -1.36. The third-order valence-corrected chi connectivity index (χ3v) is 4.45. The van der Waals surface area contributed by atoms with Crippen molar-refractivity contribution in [3.63, 3.8) is 0 Å². The van der Waals surface area contributed by atoms with E-state index in [0.29, 0.717) is 19.8 Å². The summed E-state index contributed by atoms with van der Waals surface area (Å²) in [6.45, 7) is 2.69. The maximum atomic E-state index is 13.4. The van der Waals surface area contributed by atoms with E-state index in [2.05, 4.69) is 17.4 Å². The molecule has 0 radical (unpaired) electrons. The molecule has 0 atom stereocenters. The summed E-state index contributed by atoms with van der Waals surface area (Å²) in [4.78, 5) is 2.26. The van der Waals surface area contributed by atoms with Gasteiger partial charge in [0.15, 0.2) is 0 Å². The molecule has 0 saturated carbocycles. The molecule has 0 spiro atoms. The van der Waals surface area contributed by atoms with Gasteiger partial charge in [-0.1, -0.05) is 30.0 Å². The lowest BCUT2D eigenvalue weighted by Gasteiger charge is -2.11. The molecule has 104 valence electrons. The highest BCUT2D eigenvalue weighted by molar-refractivity contribution is 7.99. The highest BCUT2D eigenvalue weighted by Crippen LogP contribution is 2.33. The average molecular weight is 289 g/mol. The Kier molecular flexibility index (Phi) is 4.35. The molecule has 4 heteroatoms. The van der Waals surface area contributed by atoms with Crippen LogP contribution in [0.5, 0.6) is 0 Å². The van der Waals surface area contributed by atoms with Crippen LogP contribution in [0.1, 0.15) is 11.1 Å². The minimum atomic E-state index is -0.189. The van der Waals surface area contributed by atoms with Crippen LogP contribution in [0.25, 0.3) is 0 Å². The van der Waals surface area contributed by atoms with E-state index in [1.165, 1.54) is 16.5 Å². The molecule has 2 nitrogen and oxygen atoms in total. The summed E-state index contributed by atoms with van der Waals surface area (Å²) in [6.07, 6.45) is 0. The molecule has 1 aliphatic heterocycles. The zero-order valence-electron chi connectivity index (χ0n) is 11.1. The highest BCUT2D eigenvalue weighted by atomic mass is 32.2. The van der Waals surface area contributed by atoms with Gasteiger partial charge in [-0.25, -0.2) is 4.39 Å². The predicted octanol–water partition coefficient (Wildman–Crippen LogP) is 3.60. The van der Waals surface area contributed by atoms with E-state index in [0.717, 1.165) is 17.0 Å². The number of hydrogen-bond acceptors (Lipinski definition) is 3. The van der Waals surface area contributed by atoms with E-state index in [4.69, 9.17) is 4.74 Å². The van der Waals surface area contributed by atoms with Crippen molar-refractivity contribution < 1.29 is 9.13 Å². The van der Waals surface area contributed by atoms with E-state index in [1.54, 1.807) is 17.8 Å². The Labute approximate surface area is 122 Å². The number of nitrogens with one attached hydrogen (secondary N) is 1. The molecular weight excluding hydrogens is 273 g/mol. The Morgan fingerprint density at radius 3 is 2.85 bits per heavy atom. The lowest BCUT2D eigenvalue weighted by atomic mass is 10.2. The molecule has 1 N–H and O–H groups in total. The molecule has 20 heavy (non-hydrogen) atoms. The van der Waals surface area contributed by atoms with E-state index < -0.39 is 0 Å². The van der Waals surface area contributed by atoms with Crippen LogP contribution in [0.2, 0.25) is 0 Å². The minimum absolute atomic E-state index is 0.189. The largest absolute Gasteiger partial charge is 0.375 e. The van der Waals surface area contributed by atoms with Gasteiger partial charge in [0.2, 0.25) is 0 Å². The number of rotatable bonds is 0. The predicted molar refractivity (Wildman–Crippen MR) is 78.3 cm³/mol. The molecule has 0 fully saturated rings. The average Bonchev–Trinajstić information content (AvgIpc) is 2.49. The number of halogens is 1. The van der Waals surface area contributed by atoms with Crippen molar-refractivity contribution in [3.05, 3.63) is 59.4 Å². The Morgan fingerprint density at radius 2 is 1.90 bits per heavy atom. The fraction of sp³-hybridized carbons (Fsp3) is 0.250. The molecule has 1 aliphatic rings. The third-order valence-electron chi connectivity index (χ3n) is 3.21. The van der Waals surface area contributed by atoms with Crippen molar-refractivity contribution >= 4 is 11.8 Å². The van der Waals surface area contributed by atoms with Gasteiger partial charge < -0.3 is 10.1 Å². The summed E-state index contributed by atoms with van der Waals surface area (Å²) in [5.74, 6) is -0.189. The van der Waals surface area contributed by atoms with Crippen molar-refractivity contribution in [1.29, 1.82) is 0 Å². The fourth-order valence-corrected chi connectivity index (χ4v) is 3.22. The molecule has 2 aromatic rings. The molecule has 2 aromatic carbocycles. The van der Waals surface area contributed by atoms with Gasteiger partial charge in [0.1, 0.15) is 5.82 Å². The van der Waals surface area contributed by atoms with Gasteiger partial charge in [-0.3, -0.25) is 0 Å². The van der Waals surface area contributed by atoms with E-state index >= 15 is 0 Å². The second-order valence-electron chi connectivity index (χ2n) is 4.69. The normalized spacial score (nSPS) is 15.8. The first-order chi connectivity index (χ1) is 9.83. The Bertz CT molecular complexity index is 603. The van der Waals surface area contributed by atoms with Gasteiger partial charge >= 0.3 is 0 Å². The zero-order valence-corrected chi connectivity index (χ0v) is 11.9. The lowest BCUT2D eigenvalue weighted by molar-refractivity contribution is 0.121. The standard InChI is InChI=1S/C16H16FNOS/c17-14-5-6-16-13(9-14)10-18-7-8-19-11-12-3-1-2-4-15(12)20-16/h1-6,9,18H,7-8,10-11H2. The zero-order chi connectivity index (χ0) is 13.8. The number of benzene rings is 2. The van der Waals surface area contributed by atoms with Gasteiger partial charge in [-0.05, 0) is 35.4 Å². The summed E-state index contributed by atoms with van der Waals surface area (Å²) in [5.41, 5.74) is 2.17. The Balaban J connectivity index is 1.99. The van der Waals surface area contributed by atoms with Crippen LogP contribution in [0.3, 0.4) is 0 Å². The first kappa shape index (κ1) is 13.6. The molecule has 0 amide bonds. The van der Waals surface area contributed by atoms with Crippen molar-refractivity contribution in [2.75, 3.05) is 13.2 Å². The van der Waals surface area contributed by atoms with E-state index in [-0.39, 0.29) is 5.82 Å². The van der Waals surface area contributed by atoms with Crippen molar-refractivity contribution in [1.82, 2.24) is 5.32 Å². The molecular formula is C16H16FNOS. The minimum Gasteiger partial charge on any atom is -0.375 e. The maximum absolute atomic E-state index is 13.4. The third kappa shape index (κ3) is 3.20. The quantitative estimate of drug-likeness (QED) is 0.800. The van der Waals surface area contributed by atoms with Crippen LogP contribution in [0.4, 0.5) is 4.39 Å². The molecule has 0 bridgehead atoms. The summed E-state index contributed by atoms with van der Waals surface area (Å²) >= 11 is 1.67. The molecule has 1 heterocycles.